The van der Waals surface area contributed by atoms with Crippen molar-refractivity contribution in [1.29, 1.82) is 0 Å². The van der Waals surface area contributed by atoms with Gasteiger partial charge in [-0.25, -0.2) is 14.0 Å². The second kappa shape index (κ2) is 8.37. The number of ether oxygens (including phenoxy) is 2. The third-order valence-electron chi connectivity index (χ3n) is 3.46. The summed E-state index contributed by atoms with van der Waals surface area (Å²) in [6.07, 6.45) is 0. The predicted octanol–water partition coefficient (Wildman–Crippen LogP) is 1.91. The SMILES string of the molecule is CCOC(=O)C(NC(=O)c1cc(C)nc2cc(F)ccc12)C(=O)OCC. The number of carbonyl (C=O) groups excluding carboxylic acids is 3. The first-order valence-electron chi connectivity index (χ1n) is 8.08. The van der Waals surface area contributed by atoms with Crippen molar-refractivity contribution < 1.29 is 28.2 Å². The Bertz CT molecular complexity index is 830. The van der Waals surface area contributed by atoms with Gasteiger partial charge in [-0.05, 0) is 39.0 Å². The van der Waals surface area contributed by atoms with E-state index in [9.17, 15) is 18.8 Å². The average Bonchev–Trinajstić information content (AvgIpc) is 2.58. The smallest absolute Gasteiger partial charge is 0.340 e. The third-order valence-corrected chi connectivity index (χ3v) is 3.46. The van der Waals surface area contributed by atoms with E-state index in [2.05, 4.69) is 10.3 Å². The molecule has 8 heteroatoms. The van der Waals surface area contributed by atoms with Crippen molar-refractivity contribution in [3.05, 3.63) is 41.3 Å². The van der Waals surface area contributed by atoms with Gasteiger partial charge in [0.2, 0.25) is 6.04 Å². The van der Waals surface area contributed by atoms with E-state index in [0.717, 1.165) is 0 Å². The molecule has 0 radical (unpaired) electrons. The second-order valence-corrected chi connectivity index (χ2v) is 5.38. The quantitative estimate of drug-likeness (QED) is 0.623. The van der Waals surface area contributed by atoms with Gasteiger partial charge in [-0.1, -0.05) is 0 Å². The fourth-order valence-electron chi connectivity index (χ4n) is 2.40. The van der Waals surface area contributed by atoms with Crippen LogP contribution in [0.15, 0.2) is 24.3 Å². The summed E-state index contributed by atoms with van der Waals surface area (Å²) in [4.78, 5) is 40.9. The topological polar surface area (TPSA) is 94.6 Å². The van der Waals surface area contributed by atoms with Crippen LogP contribution in [0.3, 0.4) is 0 Å². The minimum atomic E-state index is -1.59. The van der Waals surface area contributed by atoms with Crippen molar-refractivity contribution in [2.45, 2.75) is 26.8 Å². The molecule has 0 fully saturated rings. The van der Waals surface area contributed by atoms with Crippen LogP contribution in [0.25, 0.3) is 10.9 Å². The molecule has 1 amide bonds. The molecule has 0 bridgehead atoms. The Morgan fingerprint density at radius 2 is 1.73 bits per heavy atom. The molecule has 0 spiro atoms. The maximum atomic E-state index is 13.4. The van der Waals surface area contributed by atoms with Gasteiger partial charge in [-0.15, -0.1) is 0 Å². The van der Waals surface area contributed by atoms with Crippen molar-refractivity contribution in [2.75, 3.05) is 13.2 Å². The average molecular weight is 362 g/mol. The summed E-state index contributed by atoms with van der Waals surface area (Å²) in [7, 11) is 0. The number of hydrogen-bond acceptors (Lipinski definition) is 6. The molecule has 0 aliphatic heterocycles. The highest BCUT2D eigenvalue weighted by Gasteiger charge is 2.32. The first-order valence-corrected chi connectivity index (χ1v) is 8.08. The Hall–Kier alpha value is -3.03. The number of benzene rings is 1. The lowest BCUT2D eigenvalue weighted by atomic mass is 10.1. The highest BCUT2D eigenvalue weighted by atomic mass is 19.1. The molecule has 0 atom stereocenters. The van der Waals surface area contributed by atoms with Gasteiger partial charge in [-0.3, -0.25) is 9.78 Å². The Kier molecular flexibility index (Phi) is 6.21. The van der Waals surface area contributed by atoms with Crippen molar-refractivity contribution in [1.82, 2.24) is 10.3 Å². The van der Waals surface area contributed by atoms with E-state index in [1.807, 2.05) is 0 Å². The highest BCUT2D eigenvalue weighted by molar-refractivity contribution is 6.10. The maximum Gasteiger partial charge on any atom is 0.340 e. The molecule has 7 nitrogen and oxygen atoms in total. The zero-order chi connectivity index (χ0) is 19.3. The number of pyridine rings is 1. The normalized spacial score (nSPS) is 10.7. The molecule has 0 aliphatic rings. The number of nitrogens with zero attached hydrogens (tertiary/aromatic N) is 1. The van der Waals surface area contributed by atoms with E-state index < -0.39 is 29.7 Å². The van der Waals surface area contributed by atoms with Crippen LogP contribution < -0.4 is 5.32 Å². The molecular formula is C18H19FN2O5. The van der Waals surface area contributed by atoms with Crippen molar-refractivity contribution in [2.24, 2.45) is 0 Å². The number of aryl methyl sites for hydroxylation is 1. The van der Waals surface area contributed by atoms with Gasteiger partial charge in [0.1, 0.15) is 5.82 Å². The van der Waals surface area contributed by atoms with Crippen LogP contribution in [0.2, 0.25) is 0 Å². The lowest BCUT2D eigenvalue weighted by Crippen LogP contribution is -2.48. The van der Waals surface area contributed by atoms with Gasteiger partial charge >= 0.3 is 11.9 Å². The van der Waals surface area contributed by atoms with Crippen LogP contribution in [0.5, 0.6) is 0 Å². The van der Waals surface area contributed by atoms with Crippen molar-refractivity contribution in [3.63, 3.8) is 0 Å². The fourth-order valence-corrected chi connectivity index (χ4v) is 2.40. The summed E-state index contributed by atoms with van der Waals surface area (Å²) >= 11 is 0. The highest BCUT2D eigenvalue weighted by Crippen LogP contribution is 2.20. The van der Waals surface area contributed by atoms with Crippen LogP contribution in [0.4, 0.5) is 4.39 Å². The lowest BCUT2D eigenvalue weighted by Gasteiger charge is -2.16. The monoisotopic (exact) mass is 362 g/mol. The number of fused-ring (bicyclic) bond motifs is 1. The zero-order valence-electron chi connectivity index (χ0n) is 14.7. The molecule has 1 aromatic carbocycles. The van der Waals surface area contributed by atoms with Crippen LogP contribution in [0.1, 0.15) is 29.9 Å². The van der Waals surface area contributed by atoms with E-state index >= 15 is 0 Å². The standard InChI is InChI=1S/C18H19FN2O5/c1-4-25-17(23)15(18(24)26-5-2)21-16(22)13-8-10(3)20-14-9-11(19)6-7-12(13)14/h6-9,15H,4-5H2,1-3H3,(H,21,22). The summed E-state index contributed by atoms with van der Waals surface area (Å²) in [5.41, 5.74) is 0.933. The van der Waals surface area contributed by atoms with Gasteiger partial charge in [-0.2, -0.15) is 0 Å². The second-order valence-electron chi connectivity index (χ2n) is 5.38. The molecule has 26 heavy (non-hydrogen) atoms. The van der Waals surface area contributed by atoms with Crippen LogP contribution in [-0.2, 0) is 19.1 Å². The molecule has 0 unspecified atom stereocenters. The molecule has 2 aromatic rings. The molecule has 0 saturated carbocycles. The van der Waals surface area contributed by atoms with Gasteiger partial charge in [0.15, 0.2) is 0 Å². The summed E-state index contributed by atoms with van der Waals surface area (Å²) in [6, 6.07) is 3.71. The van der Waals surface area contributed by atoms with Crippen LogP contribution in [0, 0.1) is 12.7 Å². The van der Waals surface area contributed by atoms with Gasteiger partial charge in [0.05, 0.1) is 24.3 Å². The molecule has 138 valence electrons. The first-order chi connectivity index (χ1) is 12.4. The number of nitrogens with one attached hydrogen (secondary N) is 1. The number of esters is 2. The Morgan fingerprint density at radius 3 is 2.31 bits per heavy atom. The Labute approximate surface area is 149 Å². The third kappa shape index (κ3) is 4.33. The molecule has 2 rings (SSSR count). The molecule has 1 N–H and O–H groups in total. The molecule has 0 aliphatic carbocycles. The minimum absolute atomic E-state index is 0.0428. The van der Waals surface area contributed by atoms with E-state index in [1.165, 1.54) is 24.3 Å². The summed E-state index contributed by atoms with van der Waals surface area (Å²) in [5.74, 6) is -3.02. The largest absolute Gasteiger partial charge is 0.464 e. The number of carbonyl (C=O) groups is 3. The minimum Gasteiger partial charge on any atom is -0.464 e. The van der Waals surface area contributed by atoms with E-state index in [0.29, 0.717) is 16.6 Å². The van der Waals surface area contributed by atoms with Crippen molar-refractivity contribution >= 4 is 28.7 Å². The fraction of sp³-hybridized carbons (Fsp3) is 0.333. The van der Waals surface area contributed by atoms with Gasteiger partial charge in [0, 0.05) is 17.1 Å². The first kappa shape index (κ1) is 19.3. The Morgan fingerprint density at radius 1 is 1.12 bits per heavy atom. The lowest BCUT2D eigenvalue weighted by molar-refractivity contribution is -0.157. The molecule has 0 saturated heterocycles. The maximum absolute atomic E-state index is 13.4. The summed E-state index contributed by atoms with van der Waals surface area (Å²) in [5, 5.41) is 2.72. The number of rotatable bonds is 6. The summed E-state index contributed by atoms with van der Waals surface area (Å²) in [6.45, 7) is 4.89. The van der Waals surface area contributed by atoms with E-state index in [4.69, 9.17) is 9.47 Å². The van der Waals surface area contributed by atoms with Gasteiger partial charge in [0.25, 0.3) is 5.91 Å². The number of aromatic nitrogens is 1. The summed E-state index contributed by atoms with van der Waals surface area (Å²) < 4.78 is 23.1. The number of amides is 1. The zero-order valence-corrected chi connectivity index (χ0v) is 14.7. The molecule has 1 aromatic heterocycles. The number of hydrogen-bond donors (Lipinski definition) is 1. The van der Waals surface area contributed by atoms with E-state index in [1.54, 1.807) is 20.8 Å². The van der Waals surface area contributed by atoms with Crippen LogP contribution >= 0.6 is 0 Å². The molecular weight excluding hydrogens is 343 g/mol. The van der Waals surface area contributed by atoms with Gasteiger partial charge < -0.3 is 14.8 Å². The number of halogens is 1. The van der Waals surface area contributed by atoms with Crippen LogP contribution in [-0.4, -0.2) is 42.1 Å². The predicted molar refractivity (Wildman–Crippen MR) is 91.0 cm³/mol. The Balaban J connectivity index is 2.38. The van der Waals surface area contributed by atoms with E-state index in [-0.39, 0.29) is 18.8 Å². The molecule has 1 heterocycles. The van der Waals surface area contributed by atoms with Crippen molar-refractivity contribution in [3.8, 4) is 0 Å².